The second kappa shape index (κ2) is 5.73. The average Bonchev–Trinajstić information content (AvgIpc) is 2.41. The van der Waals surface area contributed by atoms with Crippen LogP contribution in [0.4, 0.5) is 0 Å². The fraction of sp³-hybridized carbons (Fsp3) is 0.333. The molecule has 0 saturated carbocycles. The molecule has 1 aliphatic rings. The predicted molar refractivity (Wildman–Crippen MR) is 66.5 cm³/mol. The minimum atomic E-state index is -0.547. The van der Waals surface area contributed by atoms with E-state index in [0.717, 1.165) is 0 Å². The lowest BCUT2D eigenvalue weighted by molar-refractivity contribution is -0.136. The second-order valence-corrected chi connectivity index (χ2v) is 4.22. The fourth-order valence-electron chi connectivity index (χ4n) is 1.62. The molecule has 2 unspecified atom stereocenters. The van der Waals surface area contributed by atoms with Gasteiger partial charge in [0.25, 0.3) is 5.91 Å². The maximum atomic E-state index is 11.6. The van der Waals surface area contributed by atoms with Crippen LogP contribution in [0.1, 0.15) is 0 Å². The molecule has 0 aromatic heterocycles. The van der Waals surface area contributed by atoms with Crippen LogP contribution in [0.15, 0.2) is 30.3 Å². The van der Waals surface area contributed by atoms with Crippen molar-refractivity contribution in [2.24, 2.45) is 0 Å². The summed E-state index contributed by atoms with van der Waals surface area (Å²) in [6.07, 6.45) is 0. The summed E-state index contributed by atoms with van der Waals surface area (Å²) in [5.41, 5.74) is 0. The van der Waals surface area contributed by atoms with Gasteiger partial charge in [0.2, 0.25) is 5.91 Å². The van der Waals surface area contributed by atoms with E-state index < -0.39 is 6.04 Å². The molecule has 2 amide bonds. The van der Waals surface area contributed by atoms with E-state index in [-0.39, 0.29) is 30.3 Å². The van der Waals surface area contributed by atoms with Crippen LogP contribution in [0.2, 0.25) is 0 Å². The number of ether oxygens (including phenoxy) is 1. The SMILES string of the molecule is O=C(COc1ccccc1)NC1C(=O)NC1CCl. The van der Waals surface area contributed by atoms with Crippen LogP contribution in [0, 0.1) is 0 Å². The highest BCUT2D eigenvalue weighted by Crippen LogP contribution is 2.09. The van der Waals surface area contributed by atoms with Gasteiger partial charge in [-0.1, -0.05) is 18.2 Å². The lowest BCUT2D eigenvalue weighted by atomic mass is 10.0. The highest BCUT2D eigenvalue weighted by atomic mass is 35.5. The van der Waals surface area contributed by atoms with Crippen molar-refractivity contribution in [2.75, 3.05) is 12.5 Å². The van der Waals surface area contributed by atoms with Crippen LogP contribution in [-0.4, -0.2) is 36.4 Å². The van der Waals surface area contributed by atoms with Gasteiger partial charge in [0.05, 0.1) is 6.04 Å². The zero-order valence-electron chi connectivity index (χ0n) is 9.56. The van der Waals surface area contributed by atoms with Crippen LogP contribution in [0.3, 0.4) is 0 Å². The molecule has 2 rings (SSSR count). The standard InChI is InChI=1S/C12H13ClN2O3/c13-6-9-11(12(17)14-9)15-10(16)7-18-8-4-2-1-3-5-8/h1-5,9,11H,6-7H2,(H,14,17)(H,15,16). The van der Waals surface area contributed by atoms with Gasteiger partial charge in [0.1, 0.15) is 11.8 Å². The molecule has 1 saturated heterocycles. The van der Waals surface area contributed by atoms with Crippen molar-refractivity contribution in [3.8, 4) is 5.75 Å². The van der Waals surface area contributed by atoms with Crippen molar-refractivity contribution in [1.82, 2.24) is 10.6 Å². The average molecular weight is 269 g/mol. The van der Waals surface area contributed by atoms with E-state index in [4.69, 9.17) is 16.3 Å². The number of amides is 2. The van der Waals surface area contributed by atoms with E-state index >= 15 is 0 Å². The predicted octanol–water partition coefficient (Wildman–Crippen LogP) is 0.287. The lowest BCUT2D eigenvalue weighted by Gasteiger charge is -2.35. The topological polar surface area (TPSA) is 67.4 Å². The third kappa shape index (κ3) is 2.92. The Morgan fingerprint density at radius 1 is 1.39 bits per heavy atom. The first-order chi connectivity index (χ1) is 8.70. The Balaban J connectivity index is 1.77. The summed E-state index contributed by atoms with van der Waals surface area (Å²) in [5.74, 6) is 0.332. The zero-order valence-corrected chi connectivity index (χ0v) is 10.3. The molecule has 2 atom stereocenters. The minimum Gasteiger partial charge on any atom is -0.484 e. The highest BCUT2D eigenvalue weighted by Gasteiger charge is 2.39. The summed E-state index contributed by atoms with van der Waals surface area (Å²) in [7, 11) is 0. The second-order valence-electron chi connectivity index (χ2n) is 3.92. The first-order valence-electron chi connectivity index (χ1n) is 5.54. The van der Waals surface area contributed by atoms with E-state index in [1.807, 2.05) is 18.2 Å². The van der Waals surface area contributed by atoms with Crippen molar-refractivity contribution in [3.63, 3.8) is 0 Å². The molecule has 2 N–H and O–H groups in total. The van der Waals surface area contributed by atoms with Crippen molar-refractivity contribution in [2.45, 2.75) is 12.1 Å². The molecule has 18 heavy (non-hydrogen) atoms. The smallest absolute Gasteiger partial charge is 0.258 e. The number of nitrogens with one attached hydrogen (secondary N) is 2. The number of β-lactam (4-membered cyclic amide) rings is 1. The first kappa shape index (κ1) is 12.7. The van der Waals surface area contributed by atoms with E-state index in [1.54, 1.807) is 12.1 Å². The van der Waals surface area contributed by atoms with Gasteiger partial charge >= 0.3 is 0 Å². The summed E-state index contributed by atoms with van der Waals surface area (Å²) in [5, 5.41) is 5.17. The zero-order chi connectivity index (χ0) is 13.0. The molecule has 1 aromatic carbocycles. The molecule has 1 heterocycles. The number of hydrogen-bond donors (Lipinski definition) is 2. The fourth-order valence-corrected chi connectivity index (χ4v) is 1.87. The molecule has 0 bridgehead atoms. The van der Waals surface area contributed by atoms with Gasteiger partial charge in [-0.25, -0.2) is 0 Å². The van der Waals surface area contributed by atoms with Gasteiger partial charge in [0.15, 0.2) is 6.61 Å². The normalized spacial score (nSPS) is 21.7. The monoisotopic (exact) mass is 268 g/mol. The Morgan fingerprint density at radius 2 is 2.11 bits per heavy atom. The van der Waals surface area contributed by atoms with E-state index in [9.17, 15) is 9.59 Å². The Bertz CT molecular complexity index is 438. The molecule has 5 nitrogen and oxygen atoms in total. The maximum absolute atomic E-state index is 11.6. The van der Waals surface area contributed by atoms with Gasteiger partial charge in [-0.2, -0.15) is 0 Å². The van der Waals surface area contributed by atoms with Crippen molar-refractivity contribution < 1.29 is 14.3 Å². The lowest BCUT2D eigenvalue weighted by Crippen LogP contribution is -2.70. The van der Waals surface area contributed by atoms with Crippen LogP contribution in [-0.2, 0) is 9.59 Å². The van der Waals surface area contributed by atoms with Crippen molar-refractivity contribution in [1.29, 1.82) is 0 Å². The summed E-state index contributed by atoms with van der Waals surface area (Å²) in [6, 6.07) is 8.26. The molecule has 1 aromatic rings. The van der Waals surface area contributed by atoms with Gasteiger partial charge in [0, 0.05) is 5.88 Å². The Hall–Kier alpha value is -1.75. The molecule has 96 valence electrons. The quantitative estimate of drug-likeness (QED) is 0.596. The number of carbonyl (C=O) groups excluding carboxylic acids is 2. The summed E-state index contributed by atoms with van der Waals surface area (Å²) in [4.78, 5) is 22.8. The molecular formula is C12H13ClN2O3. The number of halogens is 1. The van der Waals surface area contributed by atoms with Crippen LogP contribution in [0.5, 0.6) is 5.75 Å². The van der Waals surface area contributed by atoms with Gasteiger partial charge in [-0.3, -0.25) is 9.59 Å². The summed E-state index contributed by atoms with van der Waals surface area (Å²) >= 11 is 5.62. The molecule has 0 spiro atoms. The third-order valence-corrected chi connectivity index (χ3v) is 2.94. The number of alkyl halides is 1. The number of carbonyl (C=O) groups is 2. The summed E-state index contributed by atoms with van der Waals surface area (Å²) in [6.45, 7) is -0.122. The molecule has 1 fully saturated rings. The molecule has 0 radical (unpaired) electrons. The van der Waals surface area contributed by atoms with Crippen LogP contribution < -0.4 is 15.4 Å². The maximum Gasteiger partial charge on any atom is 0.258 e. The third-order valence-electron chi connectivity index (χ3n) is 2.61. The minimum absolute atomic E-state index is 0.122. The largest absolute Gasteiger partial charge is 0.484 e. The highest BCUT2D eigenvalue weighted by molar-refractivity contribution is 6.19. The van der Waals surface area contributed by atoms with Gasteiger partial charge in [-0.05, 0) is 12.1 Å². The first-order valence-corrected chi connectivity index (χ1v) is 6.07. The number of rotatable bonds is 5. The van der Waals surface area contributed by atoms with Crippen molar-refractivity contribution in [3.05, 3.63) is 30.3 Å². The summed E-state index contributed by atoms with van der Waals surface area (Å²) < 4.78 is 5.26. The Kier molecular flexibility index (Phi) is 4.04. The van der Waals surface area contributed by atoms with Gasteiger partial charge < -0.3 is 15.4 Å². The molecule has 0 aliphatic carbocycles. The molecule has 6 heteroatoms. The van der Waals surface area contributed by atoms with Crippen molar-refractivity contribution >= 4 is 23.4 Å². The van der Waals surface area contributed by atoms with Crippen LogP contribution in [0.25, 0.3) is 0 Å². The van der Waals surface area contributed by atoms with E-state index in [1.165, 1.54) is 0 Å². The van der Waals surface area contributed by atoms with E-state index in [0.29, 0.717) is 5.75 Å². The number of benzene rings is 1. The van der Waals surface area contributed by atoms with E-state index in [2.05, 4.69) is 10.6 Å². The molecular weight excluding hydrogens is 256 g/mol. The molecule has 1 aliphatic heterocycles. The number of hydrogen-bond acceptors (Lipinski definition) is 3. The Labute approximate surface area is 109 Å². The van der Waals surface area contributed by atoms with Gasteiger partial charge in [-0.15, -0.1) is 11.6 Å². The number of para-hydroxylation sites is 1. The van der Waals surface area contributed by atoms with Crippen LogP contribution >= 0.6 is 11.6 Å². The Morgan fingerprint density at radius 3 is 2.72 bits per heavy atom.